The molecule has 2 rings (SSSR count). The molecule has 2 N–H and O–H groups in total. The molecule has 13 heavy (non-hydrogen) atoms. The van der Waals surface area contributed by atoms with Gasteiger partial charge in [0.2, 0.25) is 0 Å². The van der Waals surface area contributed by atoms with Crippen LogP contribution in [0.1, 0.15) is 41.9 Å². The molecule has 1 aromatic heterocycles. The summed E-state index contributed by atoms with van der Waals surface area (Å²) in [6.45, 7) is 6.59. The van der Waals surface area contributed by atoms with Crippen LogP contribution in [0.2, 0.25) is 0 Å². The maximum absolute atomic E-state index is 6.11. The van der Waals surface area contributed by atoms with Gasteiger partial charge in [-0.05, 0) is 25.2 Å². The van der Waals surface area contributed by atoms with Crippen molar-refractivity contribution < 1.29 is 0 Å². The van der Waals surface area contributed by atoms with Gasteiger partial charge >= 0.3 is 0 Å². The molecule has 1 aliphatic carbocycles. The van der Waals surface area contributed by atoms with Gasteiger partial charge in [0.15, 0.2) is 0 Å². The Kier molecular flexibility index (Phi) is 1.96. The number of nitrogens with two attached hydrogens (primary N) is 1. The van der Waals surface area contributed by atoms with Gasteiger partial charge < -0.3 is 5.73 Å². The zero-order valence-electron chi connectivity index (χ0n) is 8.42. The van der Waals surface area contributed by atoms with Gasteiger partial charge in [-0.15, -0.1) is 11.3 Å². The number of aromatic nitrogens is 1. The Morgan fingerprint density at radius 2 is 2.23 bits per heavy atom. The predicted octanol–water partition coefficient (Wildman–Crippen LogP) is 2.42. The van der Waals surface area contributed by atoms with Crippen LogP contribution in [0, 0.1) is 12.3 Å². The lowest BCUT2D eigenvalue weighted by Gasteiger charge is -2.32. The lowest BCUT2D eigenvalue weighted by atomic mass is 9.77. The predicted molar refractivity (Wildman–Crippen MR) is 55.9 cm³/mol. The lowest BCUT2D eigenvalue weighted by Crippen LogP contribution is -2.28. The first-order chi connectivity index (χ1) is 5.98. The molecule has 0 aliphatic heterocycles. The number of fused-ring (bicyclic) bond motifs is 1. The van der Waals surface area contributed by atoms with E-state index in [0.29, 0.717) is 5.41 Å². The largest absolute Gasteiger partial charge is 0.323 e. The van der Waals surface area contributed by atoms with Gasteiger partial charge in [0.25, 0.3) is 0 Å². The quantitative estimate of drug-likeness (QED) is 0.692. The fourth-order valence-electron chi connectivity index (χ4n) is 2.12. The molecule has 1 atom stereocenters. The van der Waals surface area contributed by atoms with Crippen molar-refractivity contribution in [1.82, 2.24) is 4.98 Å². The molecule has 1 unspecified atom stereocenters. The van der Waals surface area contributed by atoms with Crippen molar-refractivity contribution in [2.45, 2.75) is 39.7 Å². The van der Waals surface area contributed by atoms with Gasteiger partial charge in [0, 0.05) is 10.9 Å². The third-order valence-electron chi connectivity index (χ3n) is 2.59. The summed E-state index contributed by atoms with van der Waals surface area (Å²) in [5, 5.41) is 1.15. The SMILES string of the molecule is Cc1nc2c(s1)C(N)CC(C)(C)C2. The standard InChI is InChI=1S/C10H16N2S/c1-6-12-8-5-10(2,3)4-7(11)9(8)13-6/h7H,4-5,11H2,1-3H3. The van der Waals surface area contributed by atoms with Crippen molar-refractivity contribution >= 4 is 11.3 Å². The van der Waals surface area contributed by atoms with E-state index in [1.54, 1.807) is 11.3 Å². The Labute approximate surface area is 83.2 Å². The molecule has 0 bridgehead atoms. The van der Waals surface area contributed by atoms with Crippen molar-refractivity contribution in [2.75, 3.05) is 0 Å². The summed E-state index contributed by atoms with van der Waals surface area (Å²) in [5.74, 6) is 0. The van der Waals surface area contributed by atoms with E-state index in [1.165, 1.54) is 10.6 Å². The fraction of sp³-hybridized carbons (Fsp3) is 0.700. The molecule has 0 aromatic carbocycles. The van der Waals surface area contributed by atoms with E-state index in [1.807, 2.05) is 0 Å². The summed E-state index contributed by atoms with van der Waals surface area (Å²) in [6, 6.07) is 0.213. The first-order valence-corrected chi connectivity index (χ1v) is 5.51. The Balaban J connectivity index is 2.42. The van der Waals surface area contributed by atoms with Crippen molar-refractivity contribution in [3.63, 3.8) is 0 Å². The van der Waals surface area contributed by atoms with Crippen LogP contribution in [0.25, 0.3) is 0 Å². The van der Waals surface area contributed by atoms with Gasteiger partial charge in [0.1, 0.15) is 0 Å². The van der Waals surface area contributed by atoms with E-state index in [-0.39, 0.29) is 6.04 Å². The minimum Gasteiger partial charge on any atom is -0.323 e. The number of rotatable bonds is 0. The Morgan fingerprint density at radius 3 is 2.92 bits per heavy atom. The average Bonchev–Trinajstić information content (AvgIpc) is 2.27. The molecule has 1 heterocycles. The van der Waals surface area contributed by atoms with Crippen LogP contribution in [0.4, 0.5) is 0 Å². The molecule has 2 nitrogen and oxygen atoms in total. The maximum atomic E-state index is 6.11. The molecule has 0 saturated carbocycles. The molecular formula is C10H16N2S. The summed E-state index contributed by atoms with van der Waals surface area (Å²) < 4.78 is 0. The Hall–Kier alpha value is -0.410. The van der Waals surface area contributed by atoms with Gasteiger partial charge in [-0.25, -0.2) is 4.98 Å². The van der Waals surface area contributed by atoms with Gasteiger partial charge in [-0.2, -0.15) is 0 Å². The number of thiazole rings is 1. The minimum atomic E-state index is 0.213. The second-order valence-electron chi connectivity index (χ2n) is 4.70. The summed E-state index contributed by atoms with van der Waals surface area (Å²) in [5.41, 5.74) is 7.67. The number of hydrogen-bond acceptors (Lipinski definition) is 3. The first kappa shape index (κ1) is 9.16. The fourth-order valence-corrected chi connectivity index (χ4v) is 3.06. The molecular weight excluding hydrogens is 180 g/mol. The Bertz CT molecular complexity index is 328. The van der Waals surface area contributed by atoms with Crippen LogP contribution in [-0.4, -0.2) is 4.98 Å². The summed E-state index contributed by atoms with van der Waals surface area (Å²) in [4.78, 5) is 5.85. The highest BCUT2D eigenvalue weighted by Crippen LogP contribution is 2.41. The van der Waals surface area contributed by atoms with Crippen LogP contribution in [0.5, 0.6) is 0 Å². The molecule has 1 aliphatic rings. The van der Waals surface area contributed by atoms with Crippen LogP contribution in [-0.2, 0) is 6.42 Å². The molecule has 0 radical (unpaired) electrons. The zero-order chi connectivity index (χ0) is 9.64. The van der Waals surface area contributed by atoms with Crippen LogP contribution >= 0.6 is 11.3 Å². The highest BCUT2D eigenvalue weighted by atomic mass is 32.1. The number of nitrogens with zero attached hydrogens (tertiary/aromatic N) is 1. The third-order valence-corrected chi connectivity index (χ3v) is 3.73. The van der Waals surface area contributed by atoms with Crippen molar-refractivity contribution in [3.05, 3.63) is 15.6 Å². The summed E-state index contributed by atoms with van der Waals surface area (Å²) in [6.07, 6.45) is 2.17. The van der Waals surface area contributed by atoms with E-state index in [0.717, 1.165) is 17.8 Å². The highest BCUT2D eigenvalue weighted by Gasteiger charge is 2.32. The van der Waals surface area contributed by atoms with Crippen molar-refractivity contribution in [1.29, 1.82) is 0 Å². The zero-order valence-corrected chi connectivity index (χ0v) is 9.24. The monoisotopic (exact) mass is 196 g/mol. The molecule has 3 heteroatoms. The summed E-state index contributed by atoms with van der Waals surface area (Å²) in [7, 11) is 0. The van der Waals surface area contributed by atoms with Crippen LogP contribution < -0.4 is 5.73 Å². The molecule has 72 valence electrons. The van der Waals surface area contributed by atoms with E-state index >= 15 is 0 Å². The highest BCUT2D eigenvalue weighted by molar-refractivity contribution is 7.11. The van der Waals surface area contributed by atoms with Gasteiger partial charge in [-0.1, -0.05) is 13.8 Å². The van der Waals surface area contributed by atoms with Gasteiger partial charge in [0.05, 0.1) is 10.7 Å². The van der Waals surface area contributed by atoms with E-state index in [9.17, 15) is 0 Å². The Morgan fingerprint density at radius 1 is 1.54 bits per heavy atom. The van der Waals surface area contributed by atoms with E-state index in [4.69, 9.17) is 5.73 Å². The number of hydrogen-bond donors (Lipinski definition) is 1. The lowest BCUT2D eigenvalue weighted by molar-refractivity contribution is 0.282. The molecule has 1 aromatic rings. The maximum Gasteiger partial charge on any atom is 0.0900 e. The summed E-state index contributed by atoms with van der Waals surface area (Å²) >= 11 is 1.76. The van der Waals surface area contributed by atoms with Crippen molar-refractivity contribution in [2.24, 2.45) is 11.1 Å². The molecule has 0 saturated heterocycles. The van der Waals surface area contributed by atoms with E-state index < -0.39 is 0 Å². The number of aryl methyl sites for hydroxylation is 1. The van der Waals surface area contributed by atoms with Gasteiger partial charge in [-0.3, -0.25) is 0 Å². The average molecular weight is 196 g/mol. The normalized spacial score (nSPS) is 25.7. The third kappa shape index (κ3) is 1.63. The van der Waals surface area contributed by atoms with Crippen LogP contribution in [0.15, 0.2) is 0 Å². The smallest absolute Gasteiger partial charge is 0.0900 e. The first-order valence-electron chi connectivity index (χ1n) is 4.70. The minimum absolute atomic E-state index is 0.213. The van der Waals surface area contributed by atoms with E-state index in [2.05, 4.69) is 25.8 Å². The second kappa shape index (κ2) is 2.79. The topological polar surface area (TPSA) is 38.9 Å². The molecule has 0 amide bonds. The second-order valence-corrected chi connectivity index (χ2v) is 5.93. The molecule has 0 fully saturated rings. The molecule has 0 spiro atoms. The van der Waals surface area contributed by atoms with Crippen molar-refractivity contribution in [3.8, 4) is 0 Å². The van der Waals surface area contributed by atoms with Crippen LogP contribution in [0.3, 0.4) is 0 Å².